The van der Waals surface area contributed by atoms with Gasteiger partial charge in [0.25, 0.3) is 0 Å². The molecule has 1 aromatic carbocycles. The molecular formula is C23H24N4O2S. The molecule has 2 aliphatic rings. The molecule has 1 aliphatic heterocycles. The lowest BCUT2D eigenvalue weighted by Crippen LogP contribution is -2.19. The van der Waals surface area contributed by atoms with Crippen LogP contribution in [0.4, 0.5) is 11.5 Å². The number of aliphatic hydroxyl groups excluding tert-OH is 1. The van der Waals surface area contributed by atoms with Gasteiger partial charge in [-0.1, -0.05) is 6.07 Å². The summed E-state index contributed by atoms with van der Waals surface area (Å²) in [7, 11) is 0. The number of nitrogens with one attached hydrogen (secondary N) is 1. The molecule has 3 heterocycles. The zero-order valence-corrected chi connectivity index (χ0v) is 17.7. The van der Waals surface area contributed by atoms with Crippen molar-refractivity contribution in [1.29, 1.82) is 0 Å². The van der Waals surface area contributed by atoms with E-state index in [0.717, 1.165) is 59.5 Å². The van der Waals surface area contributed by atoms with Crippen LogP contribution >= 0.6 is 11.3 Å². The first-order valence-electron chi connectivity index (χ1n) is 10.4. The van der Waals surface area contributed by atoms with E-state index in [9.17, 15) is 9.90 Å². The van der Waals surface area contributed by atoms with Crippen molar-refractivity contribution in [2.75, 3.05) is 5.32 Å². The van der Waals surface area contributed by atoms with Gasteiger partial charge in [0.2, 0.25) is 0 Å². The topological polar surface area (TPSA) is 87.5 Å². The van der Waals surface area contributed by atoms with E-state index in [1.54, 1.807) is 24.6 Å². The summed E-state index contributed by atoms with van der Waals surface area (Å²) in [4.78, 5) is 27.6. The van der Waals surface area contributed by atoms with Gasteiger partial charge < -0.3 is 10.4 Å². The Morgan fingerprint density at radius 2 is 2.27 bits per heavy atom. The van der Waals surface area contributed by atoms with Crippen molar-refractivity contribution < 1.29 is 9.90 Å². The lowest BCUT2D eigenvalue weighted by Gasteiger charge is -2.22. The Bertz CT molecular complexity index is 1150. The molecule has 30 heavy (non-hydrogen) atoms. The van der Waals surface area contributed by atoms with Crippen LogP contribution < -0.4 is 5.32 Å². The van der Waals surface area contributed by atoms with Gasteiger partial charge in [0.1, 0.15) is 23.1 Å². The SMILES string of the molecule is CC(O)C(=O)CCC1CCc2c(sc3ncnc(Nc4ccc5c(c4)C=NC5)c23)C1. The Balaban J connectivity index is 1.39. The number of hydrogen-bond donors (Lipinski definition) is 2. The van der Waals surface area contributed by atoms with Crippen molar-refractivity contribution in [3.05, 3.63) is 46.1 Å². The maximum absolute atomic E-state index is 11.8. The molecule has 5 rings (SSSR count). The number of rotatable bonds is 6. The van der Waals surface area contributed by atoms with Crippen molar-refractivity contribution >= 4 is 45.1 Å². The zero-order valence-electron chi connectivity index (χ0n) is 16.9. The highest BCUT2D eigenvalue weighted by Gasteiger charge is 2.26. The number of aryl methyl sites for hydroxylation is 1. The summed E-state index contributed by atoms with van der Waals surface area (Å²) in [5.41, 5.74) is 4.76. The van der Waals surface area contributed by atoms with E-state index in [1.165, 1.54) is 16.0 Å². The summed E-state index contributed by atoms with van der Waals surface area (Å²) in [5, 5.41) is 14.1. The number of aliphatic hydroxyl groups is 1. The van der Waals surface area contributed by atoms with Crippen molar-refractivity contribution in [2.24, 2.45) is 10.9 Å². The number of anilines is 2. The second-order valence-electron chi connectivity index (χ2n) is 8.20. The second-order valence-corrected chi connectivity index (χ2v) is 9.29. The van der Waals surface area contributed by atoms with Gasteiger partial charge in [0.05, 0.1) is 11.9 Å². The van der Waals surface area contributed by atoms with Crippen LogP contribution in [0.25, 0.3) is 10.2 Å². The summed E-state index contributed by atoms with van der Waals surface area (Å²) in [6.45, 7) is 2.31. The van der Waals surface area contributed by atoms with E-state index in [-0.39, 0.29) is 5.78 Å². The number of carbonyl (C=O) groups excluding carboxylic acids is 1. The van der Waals surface area contributed by atoms with Gasteiger partial charge in [-0.15, -0.1) is 11.3 Å². The Labute approximate surface area is 179 Å². The van der Waals surface area contributed by atoms with Gasteiger partial charge in [-0.2, -0.15) is 0 Å². The van der Waals surface area contributed by atoms with Gasteiger partial charge in [0.15, 0.2) is 5.78 Å². The molecule has 3 aromatic rings. The van der Waals surface area contributed by atoms with E-state index in [4.69, 9.17) is 0 Å². The molecule has 0 spiro atoms. The van der Waals surface area contributed by atoms with E-state index in [2.05, 4.69) is 38.5 Å². The van der Waals surface area contributed by atoms with Crippen molar-refractivity contribution in [2.45, 2.75) is 51.7 Å². The summed E-state index contributed by atoms with van der Waals surface area (Å²) < 4.78 is 0. The van der Waals surface area contributed by atoms with Crippen LogP contribution in [0.3, 0.4) is 0 Å². The molecular weight excluding hydrogens is 396 g/mol. The first-order valence-corrected chi connectivity index (χ1v) is 11.3. The first-order chi connectivity index (χ1) is 14.6. The molecule has 2 unspecified atom stereocenters. The number of nitrogens with zero attached hydrogens (tertiary/aromatic N) is 3. The van der Waals surface area contributed by atoms with Crippen molar-refractivity contribution in [1.82, 2.24) is 9.97 Å². The third-order valence-electron chi connectivity index (χ3n) is 6.11. The largest absolute Gasteiger partial charge is 0.386 e. The molecule has 1 aliphatic carbocycles. The quantitative estimate of drug-likeness (QED) is 0.624. The third kappa shape index (κ3) is 3.63. The number of Topliss-reactive ketones (excluding diaryl/α,β-unsaturated/α-hetero) is 1. The fourth-order valence-electron chi connectivity index (χ4n) is 4.39. The van der Waals surface area contributed by atoms with Crippen LogP contribution in [0.2, 0.25) is 0 Å². The smallest absolute Gasteiger partial charge is 0.160 e. The molecule has 2 N–H and O–H groups in total. The van der Waals surface area contributed by atoms with Crippen LogP contribution in [0.1, 0.15) is 47.8 Å². The Morgan fingerprint density at radius 1 is 1.37 bits per heavy atom. The molecule has 0 amide bonds. The number of thiophene rings is 1. The van der Waals surface area contributed by atoms with Crippen LogP contribution in [-0.2, 0) is 24.2 Å². The minimum Gasteiger partial charge on any atom is -0.386 e. The molecule has 0 saturated carbocycles. The number of hydrogen-bond acceptors (Lipinski definition) is 7. The number of aliphatic imine (C=N–C) groups is 1. The lowest BCUT2D eigenvalue weighted by molar-refractivity contribution is -0.126. The first kappa shape index (κ1) is 19.3. The van der Waals surface area contributed by atoms with Crippen molar-refractivity contribution in [3.63, 3.8) is 0 Å². The van der Waals surface area contributed by atoms with Crippen LogP contribution in [0, 0.1) is 5.92 Å². The average Bonchev–Trinajstić information content (AvgIpc) is 3.35. The van der Waals surface area contributed by atoms with Crippen LogP contribution in [-0.4, -0.2) is 33.2 Å². The summed E-state index contributed by atoms with van der Waals surface area (Å²) in [5.74, 6) is 1.28. The molecule has 2 aromatic heterocycles. The zero-order chi connectivity index (χ0) is 20.7. The summed E-state index contributed by atoms with van der Waals surface area (Å²) >= 11 is 1.74. The molecule has 0 fully saturated rings. The minimum atomic E-state index is -0.858. The highest BCUT2D eigenvalue weighted by Crippen LogP contribution is 2.41. The van der Waals surface area contributed by atoms with Gasteiger partial charge in [-0.3, -0.25) is 9.79 Å². The third-order valence-corrected chi connectivity index (χ3v) is 7.28. The standard InChI is InChI=1S/C23H24N4O2S/c1-13(28)19(29)7-3-14-2-6-18-20(8-14)30-23-21(18)22(25-12-26-23)27-17-5-4-15-10-24-11-16(15)9-17/h4-5,9,11-14,28H,2-3,6-8,10H2,1H3,(H,25,26,27). The monoisotopic (exact) mass is 420 g/mol. The lowest BCUT2D eigenvalue weighted by atomic mass is 9.84. The van der Waals surface area contributed by atoms with Gasteiger partial charge in [-0.25, -0.2) is 9.97 Å². The molecule has 7 heteroatoms. The number of aromatic nitrogens is 2. The van der Waals surface area contributed by atoms with Gasteiger partial charge in [0, 0.05) is 23.2 Å². The normalized spacial score (nSPS) is 18.3. The Morgan fingerprint density at radius 3 is 3.13 bits per heavy atom. The van der Waals surface area contributed by atoms with E-state index < -0.39 is 6.10 Å². The highest BCUT2D eigenvalue weighted by atomic mass is 32.1. The molecule has 0 saturated heterocycles. The van der Waals surface area contributed by atoms with E-state index in [0.29, 0.717) is 12.3 Å². The molecule has 154 valence electrons. The maximum atomic E-state index is 11.8. The van der Waals surface area contributed by atoms with E-state index >= 15 is 0 Å². The van der Waals surface area contributed by atoms with Crippen LogP contribution in [0.5, 0.6) is 0 Å². The number of fused-ring (bicyclic) bond motifs is 4. The minimum absolute atomic E-state index is 0.0612. The average molecular weight is 421 g/mol. The number of ketones is 1. The Hall–Kier alpha value is -2.64. The second kappa shape index (κ2) is 7.89. The molecule has 2 atom stereocenters. The number of benzene rings is 1. The fraction of sp³-hybridized carbons (Fsp3) is 0.391. The predicted octanol–water partition coefficient (Wildman–Crippen LogP) is 4.20. The van der Waals surface area contributed by atoms with Crippen LogP contribution in [0.15, 0.2) is 29.5 Å². The molecule has 0 bridgehead atoms. The highest BCUT2D eigenvalue weighted by molar-refractivity contribution is 7.19. The van der Waals surface area contributed by atoms with Gasteiger partial charge >= 0.3 is 0 Å². The summed E-state index contributed by atoms with van der Waals surface area (Å²) in [6, 6.07) is 6.31. The Kier molecular flexibility index (Phi) is 5.08. The molecule has 0 radical (unpaired) electrons. The maximum Gasteiger partial charge on any atom is 0.160 e. The van der Waals surface area contributed by atoms with Crippen molar-refractivity contribution in [3.8, 4) is 0 Å². The van der Waals surface area contributed by atoms with Gasteiger partial charge in [-0.05, 0) is 67.3 Å². The molecule has 6 nitrogen and oxygen atoms in total. The number of carbonyl (C=O) groups is 1. The summed E-state index contributed by atoms with van der Waals surface area (Å²) in [6.07, 6.45) is 6.98. The fourth-order valence-corrected chi connectivity index (χ4v) is 5.69. The van der Waals surface area contributed by atoms with E-state index in [1.807, 2.05) is 6.21 Å². The predicted molar refractivity (Wildman–Crippen MR) is 120 cm³/mol.